The zero-order valence-corrected chi connectivity index (χ0v) is 14.4. The number of rotatable bonds is 7. The minimum atomic E-state index is -3.63. The Bertz CT molecular complexity index is 639. The number of benzene rings is 1. The van der Waals surface area contributed by atoms with E-state index in [1.165, 1.54) is 32.0 Å². The Kier molecular flexibility index (Phi) is 6.37. The average Bonchev–Trinajstić information content (AvgIpc) is 2.40. The van der Waals surface area contributed by atoms with E-state index in [4.69, 9.17) is 11.6 Å². The molecule has 124 valence electrons. The normalized spacial score (nSPS) is 12.2. The van der Waals surface area contributed by atoms with Crippen LogP contribution in [-0.2, 0) is 14.8 Å². The standard InChI is InChI=1S/C14H21ClN2O4S/c1-4-5-8-16-22(20,21)10-6-7-12(11(15)9-10)17-13(18)14(2,3)19/h6-7,9,16,19H,4-5,8H2,1-3H3,(H,17,18). The molecule has 1 rings (SSSR count). The fraction of sp³-hybridized carbons (Fsp3) is 0.500. The highest BCUT2D eigenvalue weighted by atomic mass is 35.5. The summed E-state index contributed by atoms with van der Waals surface area (Å²) >= 11 is 6.00. The van der Waals surface area contributed by atoms with Gasteiger partial charge in [-0.15, -0.1) is 0 Å². The van der Waals surface area contributed by atoms with Crippen molar-refractivity contribution in [3.63, 3.8) is 0 Å². The van der Waals surface area contributed by atoms with Gasteiger partial charge in [0.1, 0.15) is 5.60 Å². The van der Waals surface area contributed by atoms with E-state index >= 15 is 0 Å². The monoisotopic (exact) mass is 348 g/mol. The van der Waals surface area contributed by atoms with E-state index in [9.17, 15) is 18.3 Å². The van der Waals surface area contributed by atoms with Gasteiger partial charge in [0.15, 0.2) is 0 Å². The Morgan fingerprint density at radius 3 is 2.50 bits per heavy atom. The van der Waals surface area contributed by atoms with Crippen molar-refractivity contribution in [1.82, 2.24) is 4.72 Å². The first-order valence-corrected chi connectivity index (χ1v) is 8.77. The van der Waals surface area contributed by atoms with Crippen LogP contribution in [0.25, 0.3) is 0 Å². The van der Waals surface area contributed by atoms with Gasteiger partial charge in [0.2, 0.25) is 10.0 Å². The first kappa shape index (κ1) is 18.9. The maximum Gasteiger partial charge on any atom is 0.255 e. The van der Waals surface area contributed by atoms with Crippen LogP contribution in [0.4, 0.5) is 5.69 Å². The summed E-state index contributed by atoms with van der Waals surface area (Å²) in [6.45, 7) is 5.00. The van der Waals surface area contributed by atoms with Crippen molar-refractivity contribution in [2.24, 2.45) is 0 Å². The number of carbonyl (C=O) groups is 1. The Balaban J connectivity index is 2.92. The van der Waals surface area contributed by atoms with E-state index in [-0.39, 0.29) is 15.6 Å². The highest BCUT2D eigenvalue weighted by Gasteiger charge is 2.24. The molecule has 0 aliphatic heterocycles. The molecule has 1 aromatic carbocycles. The maximum atomic E-state index is 12.1. The predicted molar refractivity (Wildman–Crippen MR) is 86.5 cm³/mol. The number of anilines is 1. The molecule has 0 aromatic heterocycles. The Hall–Kier alpha value is -1.15. The largest absolute Gasteiger partial charge is 0.381 e. The van der Waals surface area contributed by atoms with Crippen LogP contribution >= 0.6 is 11.6 Å². The van der Waals surface area contributed by atoms with Crippen molar-refractivity contribution in [1.29, 1.82) is 0 Å². The number of nitrogens with one attached hydrogen (secondary N) is 2. The topological polar surface area (TPSA) is 95.5 Å². The van der Waals surface area contributed by atoms with Gasteiger partial charge < -0.3 is 10.4 Å². The first-order chi connectivity index (χ1) is 10.1. The molecule has 1 amide bonds. The quantitative estimate of drug-likeness (QED) is 0.658. The molecule has 0 fully saturated rings. The van der Waals surface area contributed by atoms with E-state index in [2.05, 4.69) is 10.0 Å². The number of hydrogen-bond acceptors (Lipinski definition) is 4. The van der Waals surface area contributed by atoms with Crippen molar-refractivity contribution in [2.45, 2.75) is 44.1 Å². The third-order valence-electron chi connectivity index (χ3n) is 2.88. The van der Waals surface area contributed by atoms with Crippen LogP contribution in [-0.4, -0.2) is 31.6 Å². The molecular formula is C14H21ClN2O4S. The molecule has 0 aliphatic rings. The van der Waals surface area contributed by atoms with Crippen LogP contribution < -0.4 is 10.0 Å². The molecule has 3 N–H and O–H groups in total. The minimum absolute atomic E-state index is 0.0230. The molecule has 8 heteroatoms. The molecule has 0 bridgehead atoms. The van der Waals surface area contributed by atoms with Gasteiger partial charge in [-0.2, -0.15) is 0 Å². The zero-order chi connectivity index (χ0) is 17.0. The summed E-state index contributed by atoms with van der Waals surface area (Å²) in [5.74, 6) is -0.633. The molecule has 0 spiro atoms. The van der Waals surface area contributed by atoms with Crippen LogP contribution in [0.5, 0.6) is 0 Å². The molecule has 0 saturated carbocycles. The summed E-state index contributed by atoms with van der Waals surface area (Å²) < 4.78 is 26.6. The fourth-order valence-electron chi connectivity index (χ4n) is 1.51. The number of sulfonamides is 1. The predicted octanol–water partition coefficient (Wildman–Crippen LogP) is 2.13. The van der Waals surface area contributed by atoms with Crippen molar-refractivity contribution in [3.8, 4) is 0 Å². The van der Waals surface area contributed by atoms with Gasteiger partial charge in [-0.3, -0.25) is 4.79 Å². The van der Waals surface area contributed by atoms with Gasteiger partial charge in [0, 0.05) is 6.54 Å². The van der Waals surface area contributed by atoms with Gasteiger partial charge in [-0.1, -0.05) is 24.9 Å². The molecule has 0 heterocycles. The van der Waals surface area contributed by atoms with Crippen molar-refractivity contribution in [3.05, 3.63) is 23.2 Å². The number of unbranched alkanes of at least 4 members (excludes halogenated alkanes) is 1. The Morgan fingerprint density at radius 2 is 2.00 bits per heavy atom. The summed E-state index contributed by atoms with van der Waals surface area (Å²) in [4.78, 5) is 11.7. The fourth-order valence-corrected chi connectivity index (χ4v) is 2.90. The number of aliphatic hydroxyl groups is 1. The van der Waals surface area contributed by atoms with Crippen LogP contribution in [0, 0.1) is 0 Å². The molecule has 0 saturated heterocycles. The summed E-state index contributed by atoms with van der Waals surface area (Å²) in [6.07, 6.45) is 1.62. The number of carbonyl (C=O) groups excluding carboxylic acids is 1. The summed E-state index contributed by atoms with van der Waals surface area (Å²) in [5.41, 5.74) is -1.32. The van der Waals surface area contributed by atoms with Crippen LogP contribution in [0.2, 0.25) is 5.02 Å². The number of amides is 1. The molecule has 0 unspecified atom stereocenters. The molecular weight excluding hydrogens is 328 g/mol. The van der Waals surface area contributed by atoms with Crippen molar-refractivity contribution >= 4 is 33.2 Å². The second kappa shape index (κ2) is 7.41. The first-order valence-electron chi connectivity index (χ1n) is 6.91. The molecule has 0 radical (unpaired) electrons. The Morgan fingerprint density at radius 1 is 1.36 bits per heavy atom. The zero-order valence-electron chi connectivity index (χ0n) is 12.8. The van der Waals surface area contributed by atoms with Gasteiger partial charge in [-0.25, -0.2) is 13.1 Å². The van der Waals surface area contributed by atoms with E-state index in [1.807, 2.05) is 6.92 Å². The van der Waals surface area contributed by atoms with Crippen LogP contribution in [0.1, 0.15) is 33.6 Å². The smallest absolute Gasteiger partial charge is 0.255 e. The second-order valence-electron chi connectivity index (χ2n) is 5.41. The van der Waals surface area contributed by atoms with Crippen molar-refractivity contribution < 1.29 is 18.3 Å². The molecule has 0 aliphatic carbocycles. The van der Waals surface area contributed by atoms with E-state index in [0.717, 1.165) is 12.8 Å². The SMILES string of the molecule is CCCCNS(=O)(=O)c1ccc(NC(=O)C(C)(C)O)c(Cl)c1. The third-order valence-corrected chi connectivity index (χ3v) is 4.65. The maximum absolute atomic E-state index is 12.1. The van der Waals surface area contributed by atoms with Crippen molar-refractivity contribution in [2.75, 3.05) is 11.9 Å². The van der Waals surface area contributed by atoms with E-state index in [1.54, 1.807) is 0 Å². The minimum Gasteiger partial charge on any atom is -0.381 e. The number of halogens is 1. The summed E-state index contributed by atoms with van der Waals surface area (Å²) in [5, 5.41) is 12.1. The third kappa shape index (κ3) is 5.24. The second-order valence-corrected chi connectivity index (χ2v) is 7.58. The highest BCUT2D eigenvalue weighted by Crippen LogP contribution is 2.26. The summed E-state index contributed by atoms with van der Waals surface area (Å²) in [6, 6.07) is 4.00. The van der Waals surface area contributed by atoms with Crippen LogP contribution in [0.15, 0.2) is 23.1 Å². The summed E-state index contributed by atoms with van der Waals surface area (Å²) in [7, 11) is -3.63. The lowest BCUT2D eigenvalue weighted by Crippen LogP contribution is -2.36. The van der Waals surface area contributed by atoms with Gasteiger partial charge in [0.25, 0.3) is 5.91 Å². The lowest BCUT2D eigenvalue weighted by atomic mass is 10.1. The molecule has 1 aromatic rings. The van der Waals surface area contributed by atoms with Gasteiger partial charge in [-0.05, 0) is 38.5 Å². The lowest BCUT2D eigenvalue weighted by molar-refractivity contribution is -0.130. The van der Waals surface area contributed by atoms with E-state index in [0.29, 0.717) is 6.54 Å². The van der Waals surface area contributed by atoms with Crippen LogP contribution in [0.3, 0.4) is 0 Å². The lowest BCUT2D eigenvalue weighted by Gasteiger charge is -2.17. The Labute approximate surface area is 135 Å². The number of hydrogen-bond donors (Lipinski definition) is 3. The van der Waals surface area contributed by atoms with E-state index < -0.39 is 21.5 Å². The average molecular weight is 349 g/mol. The van der Waals surface area contributed by atoms with Gasteiger partial charge >= 0.3 is 0 Å². The molecule has 0 atom stereocenters. The molecule has 6 nitrogen and oxygen atoms in total. The molecule has 22 heavy (non-hydrogen) atoms. The highest BCUT2D eigenvalue weighted by molar-refractivity contribution is 7.89. The van der Waals surface area contributed by atoms with Gasteiger partial charge in [0.05, 0.1) is 15.6 Å².